The van der Waals surface area contributed by atoms with Gasteiger partial charge in [-0.15, -0.1) is 0 Å². The van der Waals surface area contributed by atoms with Crippen molar-refractivity contribution in [3.05, 3.63) is 65.0 Å². The van der Waals surface area contributed by atoms with Crippen LogP contribution in [0.25, 0.3) is 0 Å². The van der Waals surface area contributed by atoms with Gasteiger partial charge in [-0.1, -0.05) is 31.2 Å². The summed E-state index contributed by atoms with van der Waals surface area (Å²) in [6.45, 7) is 4.71. The molecule has 0 bridgehead atoms. The first kappa shape index (κ1) is 14.2. The van der Waals surface area contributed by atoms with E-state index in [0.717, 1.165) is 38.3 Å². The molecule has 1 aromatic carbocycles. The lowest BCUT2D eigenvalue weighted by molar-refractivity contribution is 0.134. The van der Waals surface area contributed by atoms with E-state index in [4.69, 9.17) is 4.74 Å². The van der Waals surface area contributed by atoms with Crippen LogP contribution in [0.15, 0.2) is 42.6 Å². The summed E-state index contributed by atoms with van der Waals surface area (Å²) in [6, 6.07) is 13.1. The van der Waals surface area contributed by atoms with Crippen molar-refractivity contribution in [3.63, 3.8) is 0 Å². The maximum atomic E-state index is 5.52. The Morgan fingerprint density at radius 1 is 1.19 bits per heavy atom. The second-order valence-corrected chi connectivity index (χ2v) is 5.55. The molecule has 2 heterocycles. The number of aromatic nitrogens is 1. The van der Waals surface area contributed by atoms with Crippen LogP contribution in [0.3, 0.4) is 0 Å². The molecule has 1 atom stereocenters. The summed E-state index contributed by atoms with van der Waals surface area (Å²) in [5, 5.41) is 3.64. The number of nitrogens with zero attached hydrogens (tertiary/aromatic N) is 1. The van der Waals surface area contributed by atoms with E-state index in [1.54, 1.807) is 0 Å². The monoisotopic (exact) mass is 282 g/mol. The zero-order valence-corrected chi connectivity index (χ0v) is 12.5. The van der Waals surface area contributed by atoms with Gasteiger partial charge in [0, 0.05) is 24.4 Å². The van der Waals surface area contributed by atoms with Crippen molar-refractivity contribution in [2.75, 3.05) is 6.54 Å². The molecule has 1 aromatic heterocycles. The van der Waals surface area contributed by atoms with Crippen LogP contribution in [-0.2, 0) is 24.4 Å². The van der Waals surface area contributed by atoms with Gasteiger partial charge in [-0.25, -0.2) is 0 Å². The maximum Gasteiger partial charge on any atom is 0.0725 e. The smallest absolute Gasteiger partial charge is 0.0725 e. The molecule has 1 aliphatic rings. The first-order chi connectivity index (χ1) is 10.4. The first-order valence-electron chi connectivity index (χ1n) is 7.69. The van der Waals surface area contributed by atoms with Crippen molar-refractivity contribution in [2.24, 2.45) is 0 Å². The molecule has 0 radical (unpaired) electrons. The minimum atomic E-state index is 0.311. The zero-order chi connectivity index (χ0) is 14.5. The van der Waals surface area contributed by atoms with Crippen LogP contribution in [0.2, 0.25) is 0 Å². The topological polar surface area (TPSA) is 34.2 Å². The van der Waals surface area contributed by atoms with Gasteiger partial charge in [0.05, 0.1) is 13.2 Å². The second kappa shape index (κ2) is 6.83. The van der Waals surface area contributed by atoms with Crippen molar-refractivity contribution in [1.29, 1.82) is 0 Å². The molecule has 0 spiro atoms. The molecular weight excluding hydrogens is 260 g/mol. The highest BCUT2D eigenvalue weighted by molar-refractivity contribution is 5.35. The standard InChI is InChI=1S/C18H22N2O/c1-2-8-20-18(11-17-5-3-4-9-19-17)14-6-7-15-12-21-13-16(15)10-14/h3-7,9-10,18,20H,2,8,11-13H2,1H3. The summed E-state index contributed by atoms with van der Waals surface area (Å²) < 4.78 is 5.52. The quantitative estimate of drug-likeness (QED) is 0.882. The molecule has 0 amide bonds. The molecule has 110 valence electrons. The van der Waals surface area contributed by atoms with E-state index >= 15 is 0 Å². The highest BCUT2D eigenvalue weighted by atomic mass is 16.5. The van der Waals surface area contributed by atoms with E-state index in [2.05, 4.69) is 47.6 Å². The Labute approximate surface area is 126 Å². The van der Waals surface area contributed by atoms with E-state index in [1.807, 2.05) is 12.3 Å². The Bertz CT molecular complexity index is 583. The SMILES string of the molecule is CCCNC(Cc1ccccn1)c1ccc2c(c1)COC2. The zero-order valence-electron chi connectivity index (χ0n) is 12.5. The van der Waals surface area contributed by atoms with Gasteiger partial charge in [0.15, 0.2) is 0 Å². The van der Waals surface area contributed by atoms with Crippen LogP contribution >= 0.6 is 0 Å². The molecule has 0 fully saturated rings. The fourth-order valence-corrected chi connectivity index (χ4v) is 2.76. The molecule has 2 aromatic rings. The van der Waals surface area contributed by atoms with E-state index in [9.17, 15) is 0 Å². The van der Waals surface area contributed by atoms with Crippen LogP contribution in [0.5, 0.6) is 0 Å². The Kier molecular flexibility index (Phi) is 4.63. The summed E-state index contributed by atoms with van der Waals surface area (Å²) in [4.78, 5) is 4.46. The molecule has 1 aliphatic heterocycles. The highest BCUT2D eigenvalue weighted by Gasteiger charge is 2.16. The van der Waals surface area contributed by atoms with E-state index in [1.165, 1.54) is 16.7 Å². The van der Waals surface area contributed by atoms with E-state index in [0.29, 0.717) is 6.04 Å². The Morgan fingerprint density at radius 2 is 2.10 bits per heavy atom. The predicted molar refractivity (Wildman–Crippen MR) is 83.9 cm³/mol. The van der Waals surface area contributed by atoms with Crippen LogP contribution in [0.4, 0.5) is 0 Å². The van der Waals surface area contributed by atoms with E-state index < -0.39 is 0 Å². The lowest BCUT2D eigenvalue weighted by atomic mass is 9.97. The van der Waals surface area contributed by atoms with Crippen LogP contribution < -0.4 is 5.32 Å². The molecule has 0 aliphatic carbocycles. The molecule has 3 nitrogen and oxygen atoms in total. The largest absolute Gasteiger partial charge is 0.372 e. The minimum Gasteiger partial charge on any atom is -0.372 e. The normalized spacial score (nSPS) is 14.9. The number of hydrogen-bond acceptors (Lipinski definition) is 3. The van der Waals surface area contributed by atoms with Crippen molar-refractivity contribution in [1.82, 2.24) is 10.3 Å². The van der Waals surface area contributed by atoms with E-state index in [-0.39, 0.29) is 0 Å². The summed E-state index contributed by atoms with van der Waals surface area (Å²) >= 11 is 0. The molecule has 3 heteroatoms. The molecule has 1 unspecified atom stereocenters. The number of nitrogens with one attached hydrogen (secondary N) is 1. The summed E-state index contributed by atoms with van der Waals surface area (Å²) in [7, 11) is 0. The van der Waals surface area contributed by atoms with Gasteiger partial charge in [0.2, 0.25) is 0 Å². The van der Waals surface area contributed by atoms with Gasteiger partial charge in [-0.2, -0.15) is 0 Å². The average molecular weight is 282 g/mol. The van der Waals surface area contributed by atoms with Gasteiger partial charge in [-0.3, -0.25) is 4.98 Å². The fourth-order valence-electron chi connectivity index (χ4n) is 2.76. The number of hydrogen-bond donors (Lipinski definition) is 1. The number of fused-ring (bicyclic) bond motifs is 1. The third-order valence-corrected chi connectivity index (χ3v) is 3.93. The first-order valence-corrected chi connectivity index (χ1v) is 7.69. The van der Waals surface area contributed by atoms with Crippen LogP contribution in [0.1, 0.15) is 41.8 Å². The highest BCUT2D eigenvalue weighted by Crippen LogP contribution is 2.25. The summed E-state index contributed by atoms with van der Waals surface area (Å²) in [5.41, 5.74) is 5.11. The maximum absolute atomic E-state index is 5.52. The second-order valence-electron chi connectivity index (χ2n) is 5.55. The van der Waals surface area contributed by atoms with Crippen molar-refractivity contribution in [3.8, 4) is 0 Å². The Balaban J connectivity index is 1.81. The Morgan fingerprint density at radius 3 is 2.90 bits per heavy atom. The van der Waals surface area contributed by atoms with Crippen LogP contribution in [0, 0.1) is 0 Å². The number of rotatable bonds is 6. The van der Waals surface area contributed by atoms with Gasteiger partial charge in [-0.05, 0) is 41.8 Å². The summed E-state index contributed by atoms with van der Waals surface area (Å²) in [6.07, 6.45) is 3.91. The van der Waals surface area contributed by atoms with Crippen LogP contribution in [-0.4, -0.2) is 11.5 Å². The van der Waals surface area contributed by atoms with Crippen molar-refractivity contribution >= 4 is 0 Å². The molecule has 0 saturated carbocycles. The van der Waals surface area contributed by atoms with Crippen molar-refractivity contribution < 1.29 is 4.74 Å². The minimum absolute atomic E-state index is 0.311. The van der Waals surface area contributed by atoms with Gasteiger partial charge in [0.25, 0.3) is 0 Å². The van der Waals surface area contributed by atoms with Gasteiger partial charge in [0.1, 0.15) is 0 Å². The molecule has 3 rings (SSSR count). The lowest BCUT2D eigenvalue weighted by Crippen LogP contribution is -2.24. The molecule has 21 heavy (non-hydrogen) atoms. The fraction of sp³-hybridized carbons (Fsp3) is 0.389. The predicted octanol–water partition coefficient (Wildman–Crippen LogP) is 3.40. The van der Waals surface area contributed by atoms with Gasteiger partial charge >= 0.3 is 0 Å². The average Bonchev–Trinajstić information content (AvgIpc) is 3.00. The Hall–Kier alpha value is -1.71. The number of ether oxygens (including phenoxy) is 1. The number of pyridine rings is 1. The summed E-state index contributed by atoms with van der Waals surface area (Å²) in [5.74, 6) is 0. The lowest BCUT2D eigenvalue weighted by Gasteiger charge is -2.19. The molecule has 0 saturated heterocycles. The van der Waals surface area contributed by atoms with Gasteiger partial charge < -0.3 is 10.1 Å². The molecule has 1 N–H and O–H groups in total. The third-order valence-electron chi connectivity index (χ3n) is 3.93. The van der Waals surface area contributed by atoms with Crippen molar-refractivity contribution in [2.45, 2.75) is 39.0 Å². The third kappa shape index (κ3) is 3.49. The molecular formula is C18H22N2O. The number of benzene rings is 1.